The van der Waals surface area contributed by atoms with Crippen molar-refractivity contribution in [2.75, 3.05) is 32.6 Å². The van der Waals surface area contributed by atoms with E-state index in [0.717, 1.165) is 31.5 Å². The molecule has 212 valence electrons. The van der Waals surface area contributed by atoms with Crippen molar-refractivity contribution in [3.05, 3.63) is 82.2 Å². The minimum absolute atomic E-state index is 0.0279. The summed E-state index contributed by atoms with van der Waals surface area (Å²) in [6.45, 7) is 5.15. The minimum atomic E-state index is -0.659. The number of amides is 1. The summed E-state index contributed by atoms with van der Waals surface area (Å²) in [5, 5.41) is 3.36. The first-order valence-electron chi connectivity index (χ1n) is 13.4. The third-order valence-corrected chi connectivity index (χ3v) is 7.18. The van der Waals surface area contributed by atoms with Gasteiger partial charge in [0.2, 0.25) is 0 Å². The molecule has 3 aromatic carbocycles. The molecule has 1 aromatic heterocycles. The zero-order valence-corrected chi connectivity index (χ0v) is 23.5. The van der Waals surface area contributed by atoms with Gasteiger partial charge in [-0.2, -0.15) is 0 Å². The van der Waals surface area contributed by atoms with Crippen LogP contribution in [0.15, 0.2) is 69.9 Å². The van der Waals surface area contributed by atoms with Crippen LogP contribution >= 0.6 is 0 Å². The van der Waals surface area contributed by atoms with Crippen molar-refractivity contribution in [1.82, 2.24) is 4.90 Å². The van der Waals surface area contributed by atoms with E-state index >= 15 is 0 Å². The normalized spacial score (nSPS) is 14.0. The smallest absolute Gasteiger partial charge is 0.360 e. The first-order chi connectivity index (χ1) is 19.7. The number of nitrogens with one attached hydrogen (secondary N) is 1. The van der Waals surface area contributed by atoms with Crippen molar-refractivity contribution in [3.63, 3.8) is 0 Å². The van der Waals surface area contributed by atoms with E-state index in [1.165, 1.54) is 14.0 Å². The lowest BCUT2D eigenvalue weighted by Gasteiger charge is -2.29. The minimum Gasteiger partial charge on any atom is -0.496 e. The Morgan fingerprint density at radius 2 is 1.76 bits per heavy atom. The summed E-state index contributed by atoms with van der Waals surface area (Å²) in [6, 6.07) is 17.1. The van der Waals surface area contributed by atoms with Crippen molar-refractivity contribution in [3.8, 4) is 28.4 Å². The van der Waals surface area contributed by atoms with E-state index in [9.17, 15) is 14.4 Å². The number of anilines is 1. The summed E-state index contributed by atoms with van der Waals surface area (Å²) in [7, 11) is 3.63. The summed E-state index contributed by atoms with van der Waals surface area (Å²) in [5.41, 5.74) is 2.15. The number of piperidine rings is 1. The Hall–Kier alpha value is -4.63. The molecule has 0 aliphatic carbocycles. The molecular formula is C32H32N2O7. The third kappa shape index (κ3) is 6.25. The Morgan fingerprint density at radius 3 is 2.49 bits per heavy atom. The van der Waals surface area contributed by atoms with Gasteiger partial charge >= 0.3 is 11.6 Å². The Labute approximate surface area is 237 Å². The van der Waals surface area contributed by atoms with Gasteiger partial charge in [0.1, 0.15) is 34.6 Å². The Bertz CT molecular complexity index is 1670. The predicted octanol–water partition coefficient (Wildman–Crippen LogP) is 5.43. The van der Waals surface area contributed by atoms with Gasteiger partial charge in [-0.05, 0) is 80.9 Å². The van der Waals surface area contributed by atoms with E-state index in [4.69, 9.17) is 18.6 Å². The Kier molecular flexibility index (Phi) is 8.07. The van der Waals surface area contributed by atoms with Crippen LogP contribution in [0.25, 0.3) is 22.1 Å². The molecule has 9 heteroatoms. The van der Waals surface area contributed by atoms with Gasteiger partial charge in [-0.1, -0.05) is 12.1 Å². The molecule has 0 radical (unpaired) electrons. The van der Waals surface area contributed by atoms with Crippen molar-refractivity contribution in [1.29, 1.82) is 0 Å². The number of benzene rings is 3. The fourth-order valence-corrected chi connectivity index (χ4v) is 4.97. The molecule has 0 unspecified atom stereocenters. The molecule has 1 saturated heterocycles. The number of hydrogen-bond donors (Lipinski definition) is 1. The molecule has 0 bridgehead atoms. The van der Waals surface area contributed by atoms with Gasteiger partial charge in [-0.3, -0.25) is 9.59 Å². The molecule has 1 aliphatic heterocycles. The van der Waals surface area contributed by atoms with Crippen LogP contribution in [0, 0.1) is 6.92 Å². The number of carbonyl (C=O) groups is 2. The second-order valence-corrected chi connectivity index (χ2v) is 10.2. The third-order valence-electron chi connectivity index (χ3n) is 7.18. The molecule has 0 spiro atoms. The molecule has 1 aliphatic rings. The van der Waals surface area contributed by atoms with Gasteiger partial charge < -0.3 is 28.8 Å². The van der Waals surface area contributed by atoms with E-state index in [2.05, 4.69) is 17.3 Å². The van der Waals surface area contributed by atoms with Crippen LogP contribution < -0.4 is 25.2 Å². The summed E-state index contributed by atoms with van der Waals surface area (Å²) in [4.78, 5) is 39.8. The fraction of sp³-hybridized carbons (Fsp3) is 0.281. The molecule has 0 saturated carbocycles. The number of carbonyl (C=O) groups excluding carboxylic acids is 2. The highest BCUT2D eigenvalue weighted by Gasteiger charge is 2.21. The predicted molar refractivity (Wildman–Crippen MR) is 156 cm³/mol. The number of methoxy groups -OCH3 is 1. The quantitative estimate of drug-likeness (QED) is 0.183. The standard InChI is InChI=1S/C32H32N2O7/c1-19-28(40-24-12-14-34(3)15-13-24)10-8-22-18-27(32(37)41-30(19)22)33-31(36)23-9-11-29(38-4)26(17-23)21-6-5-7-25(16-21)39-20(2)35/h5-11,16-18,24H,12-15H2,1-4H3,(H,33,36). The second kappa shape index (κ2) is 11.9. The number of nitrogens with zero attached hydrogens (tertiary/aromatic N) is 1. The molecule has 2 heterocycles. The van der Waals surface area contributed by atoms with Crippen molar-refractivity contribution >= 4 is 28.5 Å². The molecule has 1 N–H and O–H groups in total. The van der Waals surface area contributed by atoms with E-state index in [-0.39, 0.29) is 11.8 Å². The highest BCUT2D eigenvalue weighted by molar-refractivity contribution is 6.05. The topological polar surface area (TPSA) is 107 Å². The van der Waals surface area contributed by atoms with Gasteiger partial charge in [-0.25, -0.2) is 4.79 Å². The van der Waals surface area contributed by atoms with Gasteiger partial charge in [0.25, 0.3) is 5.91 Å². The first kappa shape index (κ1) is 27.9. The Balaban J connectivity index is 1.39. The SMILES string of the molecule is COc1ccc(C(=O)Nc2cc3ccc(OC4CCN(C)CC4)c(C)c3oc2=O)cc1-c1cccc(OC(C)=O)c1. The zero-order chi connectivity index (χ0) is 29.1. The summed E-state index contributed by atoms with van der Waals surface area (Å²) < 4.78 is 22.6. The fourth-order valence-electron chi connectivity index (χ4n) is 4.97. The number of ether oxygens (including phenoxy) is 3. The summed E-state index contributed by atoms with van der Waals surface area (Å²) in [5.74, 6) is 0.662. The van der Waals surface area contributed by atoms with E-state index in [0.29, 0.717) is 44.9 Å². The molecule has 0 atom stereocenters. The van der Waals surface area contributed by atoms with Gasteiger partial charge in [0, 0.05) is 42.1 Å². The monoisotopic (exact) mass is 556 g/mol. The van der Waals surface area contributed by atoms with Gasteiger partial charge in [0.05, 0.1) is 7.11 Å². The number of esters is 1. The lowest BCUT2D eigenvalue weighted by atomic mass is 10.0. The van der Waals surface area contributed by atoms with Crippen LogP contribution in [-0.2, 0) is 4.79 Å². The van der Waals surface area contributed by atoms with Crippen LogP contribution in [0.2, 0.25) is 0 Å². The van der Waals surface area contributed by atoms with E-state index in [1.807, 2.05) is 25.1 Å². The lowest BCUT2D eigenvalue weighted by molar-refractivity contribution is -0.131. The maximum atomic E-state index is 13.2. The second-order valence-electron chi connectivity index (χ2n) is 10.2. The molecular weight excluding hydrogens is 524 g/mol. The van der Waals surface area contributed by atoms with Gasteiger partial charge in [0.15, 0.2) is 0 Å². The lowest BCUT2D eigenvalue weighted by Crippen LogP contribution is -2.35. The maximum absolute atomic E-state index is 13.2. The zero-order valence-electron chi connectivity index (χ0n) is 23.5. The Morgan fingerprint density at radius 1 is 1.00 bits per heavy atom. The van der Waals surface area contributed by atoms with Crippen molar-refractivity contribution in [2.45, 2.75) is 32.8 Å². The number of likely N-dealkylation sites (tertiary alicyclic amines) is 1. The number of fused-ring (bicyclic) bond motifs is 1. The maximum Gasteiger partial charge on any atom is 0.360 e. The van der Waals surface area contributed by atoms with Crippen LogP contribution in [0.3, 0.4) is 0 Å². The number of rotatable bonds is 7. The molecule has 1 amide bonds. The van der Waals surface area contributed by atoms with Crippen molar-refractivity contribution < 1.29 is 28.2 Å². The molecule has 5 rings (SSSR count). The number of hydrogen-bond acceptors (Lipinski definition) is 8. The van der Waals surface area contributed by atoms with Crippen LogP contribution in [0.1, 0.15) is 35.7 Å². The van der Waals surface area contributed by atoms with Crippen LogP contribution in [0.5, 0.6) is 17.2 Å². The highest BCUT2D eigenvalue weighted by Crippen LogP contribution is 2.34. The average Bonchev–Trinajstić information content (AvgIpc) is 2.96. The van der Waals surface area contributed by atoms with Gasteiger partial charge in [-0.15, -0.1) is 0 Å². The number of aryl methyl sites for hydroxylation is 1. The molecule has 1 fully saturated rings. The largest absolute Gasteiger partial charge is 0.496 e. The molecule has 9 nitrogen and oxygen atoms in total. The van der Waals surface area contributed by atoms with E-state index in [1.54, 1.807) is 42.5 Å². The molecule has 41 heavy (non-hydrogen) atoms. The van der Waals surface area contributed by atoms with E-state index < -0.39 is 17.5 Å². The van der Waals surface area contributed by atoms with Crippen molar-refractivity contribution in [2.24, 2.45) is 0 Å². The van der Waals surface area contributed by atoms with Crippen LogP contribution in [-0.4, -0.2) is 50.1 Å². The highest BCUT2D eigenvalue weighted by atomic mass is 16.5. The first-order valence-corrected chi connectivity index (χ1v) is 13.4. The van der Waals surface area contributed by atoms with Crippen LogP contribution in [0.4, 0.5) is 5.69 Å². The average molecular weight is 557 g/mol. The summed E-state index contributed by atoms with van der Waals surface area (Å²) >= 11 is 0. The summed E-state index contributed by atoms with van der Waals surface area (Å²) in [6.07, 6.45) is 1.99. The molecule has 4 aromatic rings.